The molecule has 0 aliphatic carbocycles. The highest BCUT2D eigenvalue weighted by atomic mass is 19.1. The summed E-state index contributed by atoms with van der Waals surface area (Å²) < 4.78 is 29.1. The molecule has 3 N–H and O–H groups in total. The molecule has 0 amide bonds. The number of pyridine rings is 1. The fourth-order valence-corrected chi connectivity index (χ4v) is 2.97. The molecule has 0 saturated heterocycles. The summed E-state index contributed by atoms with van der Waals surface area (Å²) in [5, 5.41) is 21.3. The SMILES string of the molecule is Cc1[nH]ncc1-c1ccc(Cc2cc(F)c3n[nH]c(C(=O)O)c3c2F)cn1. The molecular formula is C18H13F2N5O2. The first-order valence-corrected chi connectivity index (χ1v) is 7.99. The monoisotopic (exact) mass is 369 g/mol. The van der Waals surface area contributed by atoms with Crippen LogP contribution in [0, 0.1) is 18.6 Å². The molecule has 0 aliphatic heterocycles. The summed E-state index contributed by atoms with van der Waals surface area (Å²) in [7, 11) is 0. The van der Waals surface area contributed by atoms with Crippen molar-refractivity contribution in [3.05, 3.63) is 64.7 Å². The topological polar surface area (TPSA) is 108 Å². The molecule has 27 heavy (non-hydrogen) atoms. The Balaban J connectivity index is 1.71. The van der Waals surface area contributed by atoms with Crippen molar-refractivity contribution < 1.29 is 18.7 Å². The van der Waals surface area contributed by atoms with Crippen LogP contribution in [0.2, 0.25) is 0 Å². The van der Waals surface area contributed by atoms with Gasteiger partial charge in [-0.25, -0.2) is 13.6 Å². The number of nitrogens with one attached hydrogen (secondary N) is 2. The van der Waals surface area contributed by atoms with E-state index in [-0.39, 0.29) is 22.9 Å². The van der Waals surface area contributed by atoms with Crippen LogP contribution in [-0.4, -0.2) is 36.5 Å². The molecule has 7 nitrogen and oxygen atoms in total. The van der Waals surface area contributed by atoms with E-state index in [1.54, 1.807) is 24.5 Å². The molecule has 0 aliphatic rings. The largest absolute Gasteiger partial charge is 0.477 e. The van der Waals surface area contributed by atoms with Gasteiger partial charge in [0.05, 0.1) is 17.3 Å². The Labute approximate surface area is 151 Å². The maximum atomic E-state index is 14.8. The van der Waals surface area contributed by atoms with Gasteiger partial charge in [-0.15, -0.1) is 0 Å². The third-order valence-corrected chi connectivity index (χ3v) is 4.33. The number of carbonyl (C=O) groups is 1. The number of carboxylic acid groups (broad SMARTS) is 1. The maximum absolute atomic E-state index is 14.8. The Bertz CT molecular complexity index is 1160. The molecule has 0 saturated carbocycles. The van der Waals surface area contributed by atoms with Gasteiger partial charge in [-0.3, -0.25) is 15.2 Å². The quantitative estimate of drug-likeness (QED) is 0.512. The van der Waals surface area contributed by atoms with Gasteiger partial charge in [0, 0.05) is 23.9 Å². The van der Waals surface area contributed by atoms with Crippen molar-refractivity contribution in [1.82, 2.24) is 25.4 Å². The Morgan fingerprint density at radius 2 is 2.04 bits per heavy atom. The molecule has 0 unspecified atom stereocenters. The van der Waals surface area contributed by atoms with Crippen molar-refractivity contribution in [2.75, 3.05) is 0 Å². The standard InChI is InChI=1S/C18H13F2N5O2/c1-8-11(7-22-23-8)13-3-2-9(6-21-13)4-10-5-12(19)16-14(15(10)20)17(18(26)27)25-24-16/h2-3,5-7H,4H2,1H3,(H,22,23)(H,24,25)(H,26,27). The van der Waals surface area contributed by atoms with Crippen LogP contribution in [0.4, 0.5) is 8.78 Å². The Hall–Kier alpha value is -3.62. The number of carboxylic acids is 1. The first kappa shape index (κ1) is 16.8. The average molecular weight is 369 g/mol. The van der Waals surface area contributed by atoms with Crippen molar-refractivity contribution in [2.24, 2.45) is 0 Å². The molecule has 0 atom stereocenters. The van der Waals surface area contributed by atoms with Gasteiger partial charge in [0.1, 0.15) is 11.3 Å². The molecular weight excluding hydrogens is 356 g/mol. The van der Waals surface area contributed by atoms with E-state index in [1.807, 2.05) is 6.92 Å². The zero-order valence-corrected chi connectivity index (χ0v) is 14.0. The maximum Gasteiger partial charge on any atom is 0.354 e. The van der Waals surface area contributed by atoms with Crippen LogP contribution in [-0.2, 0) is 6.42 Å². The minimum absolute atomic E-state index is 0.0259. The van der Waals surface area contributed by atoms with Crippen LogP contribution in [0.15, 0.2) is 30.6 Å². The number of nitrogens with zero attached hydrogens (tertiary/aromatic N) is 3. The lowest BCUT2D eigenvalue weighted by Gasteiger charge is -2.07. The minimum atomic E-state index is -1.41. The fraction of sp³-hybridized carbons (Fsp3) is 0.111. The molecule has 3 aromatic heterocycles. The van der Waals surface area contributed by atoms with Crippen LogP contribution in [0.3, 0.4) is 0 Å². The molecule has 9 heteroatoms. The number of benzene rings is 1. The third kappa shape index (κ3) is 2.82. The highest BCUT2D eigenvalue weighted by molar-refractivity contribution is 6.01. The van der Waals surface area contributed by atoms with Crippen molar-refractivity contribution in [1.29, 1.82) is 0 Å². The van der Waals surface area contributed by atoms with Gasteiger partial charge >= 0.3 is 5.97 Å². The van der Waals surface area contributed by atoms with Gasteiger partial charge < -0.3 is 5.11 Å². The number of aromatic carboxylic acids is 1. The Morgan fingerprint density at radius 3 is 2.67 bits per heavy atom. The summed E-state index contributed by atoms with van der Waals surface area (Å²) >= 11 is 0. The zero-order chi connectivity index (χ0) is 19.1. The summed E-state index contributed by atoms with van der Waals surface area (Å²) in [6.07, 6.45) is 3.28. The number of H-pyrrole nitrogens is 2. The highest BCUT2D eigenvalue weighted by Crippen LogP contribution is 2.27. The number of hydrogen-bond acceptors (Lipinski definition) is 4. The summed E-state index contributed by atoms with van der Waals surface area (Å²) in [6, 6.07) is 4.54. The molecule has 0 spiro atoms. The van der Waals surface area contributed by atoms with Crippen molar-refractivity contribution in [3.8, 4) is 11.3 Å². The average Bonchev–Trinajstić information content (AvgIpc) is 3.27. The van der Waals surface area contributed by atoms with Gasteiger partial charge in [-0.05, 0) is 30.2 Å². The van der Waals surface area contributed by atoms with Gasteiger partial charge in [0.25, 0.3) is 0 Å². The summed E-state index contributed by atoms with van der Waals surface area (Å²) in [5.74, 6) is -3.01. The van der Waals surface area contributed by atoms with Gasteiger partial charge in [0.2, 0.25) is 0 Å². The Morgan fingerprint density at radius 1 is 1.22 bits per heavy atom. The van der Waals surface area contributed by atoms with Crippen molar-refractivity contribution >= 4 is 16.9 Å². The fourth-order valence-electron chi connectivity index (χ4n) is 2.97. The van der Waals surface area contributed by atoms with E-state index in [4.69, 9.17) is 5.11 Å². The molecule has 4 rings (SSSR count). The summed E-state index contributed by atoms with van der Waals surface area (Å²) in [5.41, 5.74) is 2.29. The second-order valence-electron chi connectivity index (χ2n) is 6.10. The highest BCUT2D eigenvalue weighted by Gasteiger charge is 2.22. The van der Waals surface area contributed by atoms with Gasteiger partial charge in [-0.1, -0.05) is 6.07 Å². The van der Waals surface area contributed by atoms with Crippen LogP contribution in [0.5, 0.6) is 0 Å². The van der Waals surface area contributed by atoms with Crippen molar-refractivity contribution in [2.45, 2.75) is 13.3 Å². The van der Waals surface area contributed by atoms with Crippen LogP contribution >= 0.6 is 0 Å². The number of fused-ring (bicyclic) bond motifs is 1. The number of aromatic amines is 2. The lowest BCUT2D eigenvalue weighted by atomic mass is 10.0. The zero-order valence-electron chi connectivity index (χ0n) is 14.0. The molecule has 0 bridgehead atoms. The second kappa shape index (κ2) is 6.27. The number of halogens is 2. The van der Waals surface area contributed by atoms with E-state index in [9.17, 15) is 13.6 Å². The number of aromatic nitrogens is 5. The predicted octanol–water partition coefficient (Wildman–Crippen LogP) is 3.22. The second-order valence-corrected chi connectivity index (χ2v) is 6.10. The first-order valence-electron chi connectivity index (χ1n) is 7.99. The lowest BCUT2D eigenvalue weighted by Crippen LogP contribution is -2.01. The van der Waals surface area contributed by atoms with E-state index < -0.39 is 23.3 Å². The van der Waals surface area contributed by atoms with E-state index in [1.165, 1.54) is 0 Å². The molecule has 136 valence electrons. The van der Waals surface area contributed by atoms with Crippen molar-refractivity contribution in [3.63, 3.8) is 0 Å². The number of rotatable bonds is 4. The van der Waals surface area contributed by atoms with Gasteiger partial charge in [0.15, 0.2) is 11.5 Å². The van der Waals surface area contributed by atoms with E-state index in [0.717, 1.165) is 17.3 Å². The van der Waals surface area contributed by atoms with E-state index in [2.05, 4.69) is 25.4 Å². The minimum Gasteiger partial charge on any atom is -0.477 e. The first-order chi connectivity index (χ1) is 13.0. The summed E-state index contributed by atoms with van der Waals surface area (Å²) in [6.45, 7) is 1.87. The van der Waals surface area contributed by atoms with E-state index in [0.29, 0.717) is 11.3 Å². The van der Waals surface area contributed by atoms with Crippen LogP contribution in [0.1, 0.15) is 27.3 Å². The summed E-state index contributed by atoms with van der Waals surface area (Å²) in [4.78, 5) is 15.5. The molecule has 0 radical (unpaired) electrons. The molecule has 0 fully saturated rings. The van der Waals surface area contributed by atoms with Gasteiger partial charge in [-0.2, -0.15) is 10.2 Å². The smallest absolute Gasteiger partial charge is 0.354 e. The van der Waals surface area contributed by atoms with Crippen LogP contribution in [0.25, 0.3) is 22.2 Å². The molecule has 1 aromatic carbocycles. The number of aryl methyl sites for hydroxylation is 1. The van der Waals surface area contributed by atoms with E-state index >= 15 is 0 Å². The normalized spacial score (nSPS) is 11.2. The molecule has 4 aromatic rings. The molecule has 3 heterocycles. The lowest BCUT2D eigenvalue weighted by molar-refractivity contribution is 0.0692. The Kier molecular flexibility index (Phi) is 3.91. The van der Waals surface area contributed by atoms with Crippen LogP contribution < -0.4 is 0 Å². The third-order valence-electron chi connectivity index (χ3n) is 4.33. The number of hydrogen-bond donors (Lipinski definition) is 3. The predicted molar refractivity (Wildman–Crippen MR) is 92.3 cm³/mol.